The molecule has 140 valence electrons. The lowest BCUT2D eigenvalue weighted by Gasteiger charge is -2.29. The van der Waals surface area contributed by atoms with Crippen LogP contribution in [0.1, 0.15) is 50.2 Å². The maximum absolute atomic E-state index is 12.6. The highest BCUT2D eigenvalue weighted by molar-refractivity contribution is 7.92. The van der Waals surface area contributed by atoms with Crippen molar-refractivity contribution in [2.45, 2.75) is 58.9 Å². The van der Waals surface area contributed by atoms with E-state index in [4.69, 9.17) is 0 Å². The second kappa shape index (κ2) is 8.21. The number of carbonyl (C=O) groups excluding carboxylic acids is 1. The van der Waals surface area contributed by atoms with Crippen molar-refractivity contribution in [3.05, 3.63) is 29.3 Å². The molecule has 0 radical (unpaired) electrons. The van der Waals surface area contributed by atoms with Gasteiger partial charge in [0.15, 0.2) is 0 Å². The molecule has 0 spiro atoms. The molecular formula is C19H30N2O3S. The fraction of sp³-hybridized carbons (Fsp3) is 0.632. The van der Waals surface area contributed by atoms with E-state index in [1.165, 1.54) is 23.6 Å². The van der Waals surface area contributed by atoms with E-state index in [9.17, 15) is 13.2 Å². The predicted molar refractivity (Wildman–Crippen MR) is 102 cm³/mol. The molecule has 1 aliphatic rings. The molecule has 0 saturated heterocycles. The van der Waals surface area contributed by atoms with Gasteiger partial charge < -0.3 is 5.32 Å². The summed E-state index contributed by atoms with van der Waals surface area (Å²) >= 11 is 0. The van der Waals surface area contributed by atoms with Gasteiger partial charge in [0.2, 0.25) is 15.9 Å². The minimum absolute atomic E-state index is 0.241. The molecule has 1 atom stereocenters. The summed E-state index contributed by atoms with van der Waals surface area (Å²) in [6.45, 7) is 6.19. The van der Waals surface area contributed by atoms with Crippen molar-refractivity contribution in [1.29, 1.82) is 0 Å². The fourth-order valence-electron chi connectivity index (χ4n) is 3.46. The van der Waals surface area contributed by atoms with Crippen molar-refractivity contribution in [3.8, 4) is 0 Å². The number of anilines is 1. The van der Waals surface area contributed by atoms with Gasteiger partial charge in [-0.25, -0.2) is 8.42 Å². The molecule has 1 aromatic rings. The Balaban J connectivity index is 2.13. The lowest BCUT2D eigenvalue weighted by molar-refractivity contribution is -0.122. The van der Waals surface area contributed by atoms with Crippen molar-refractivity contribution < 1.29 is 13.2 Å². The number of hydrogen-bond donors (Lipinski definition) is 1. The minimum atomic E-state index is -3.56. The summed E-state index contributed by atoms with van der Waals surface area (Å²) < 4.78 is 25.9. The Hall–Kier alpha value is -1.56. The van der Waals surface area contributed by atoms with Crippen LogP contribution in [0.5, 0.6) is 0 Å². The van der Waals surface area contributed by atoms with Crippen LogP contribution in [-0.4, -0.2) is 33.2 Å². The van der Waals surface area contributed by atoms with Crippen LogP contribution in [0.4, 0.5) is 5.69 Å². The molecule has 0 heterocycles. The number of rotatable bonds is 6. The van der Waals surface area contributed by atoms with Crippen LogP contribution in [0.3, 0.4) is 0 Å². The van der Waals surface area contributed by atoms with Crippen molar-refractivity contribution in [3.63, 3.8) is 0 Å². The Morgan fingerprint density at radius 2 is 1.84 bits per heavy atom. The highest BCUT2D eigenvalue weighted by atomic mass is 32.2. The van der Waals surface area contributed by atoms with Crippen LogP contribution in [0.15, 0.2) is 18.2 Å². The van der Waals surface area contributed by atoms with E-state index < -0.39 is 16.1 Å². The lowest BCUT2D eigenvalue weighted by Crippen LogP contribution is -2.48. The largest absolute Gasteiger partial charge is 0.354 e. The van der Waals surface area contributed by atoms with Gasteiger partial charge in [-0.1, -0.05) is 25.3 Å². The standard InChI is InChI=1S/C19H30N2O3S/c1-14-10-11-18(12-15(14)2)21(25(4,23)24)16(3)19(22)20-13-17-8-6-5-7-9-17/h10-12,16-17H,5-9,13H2,1-4H3,(H,20,22). The summed E-state index contributed by atoms with van der Waals surface area (Å²) in [5.74, 6) is 0.271. The second-order valence-electron chi connectivity index (χ2n) is 7.25. The van der Waals surface area contributed by atoms with Crippen molar-refractivity contribution in [1.82, 2.24) is 5.32 Å². The molecule has 1 aromatic carbocycles. The first-order chi connectivity index (χ1) is 11.7. The number of benzene rings is 1. The highest BCUT2D eigenvalue weighted by Crippen LogP contribution is 2.25. The molecule has 0 aliphatic heterocycles. The first-order valence-electron chi connectivity index (χ1n) is 9.04. The molecule has 0 bridgehead atoms. The molecule has 0 aromatic heterocycles. The maximum Gasteiger partial charge on any atom is 0.243 e. The van der Waals surface area contributed by atoms with Crippen LogP contribution < -0.4 is 9.62 Å². The molecule has 6 heteroatoms. The van der Waals surface area contributed by atoms with Crippen LogP contribution in [0, 0.1) is 19.8 Å². The smallest absolute Gasteiger partial charge is 0.243 e. The third-order valence-corrected chi connectivity index (χ3v) is 6.36. The molecule has 1 saturated carbocycles. The quantitative estimate of drug-likeness (QED) is 0.841. The van der Waals surface area contributed by atoms with E-state index in [1.807, 2.05) is 26.0 Å². The topological polar surface area (TPSA) is 66.5 Å². The monoisotopic (exact) mass is 366 g/mol. The van der Waals surface area contributed by atoms with Gasteiger partial charge in [0.1, 0.15) is 6.04 Å². The van der Waals surface area contributed by atoms with Gasteiger partial charge in [0.05, 0.1) is 11.9 Å². The third kappa shape index (κ3) is 5.21. The third-order valence-electron chi connectivity index (χ3n) is 5.12. The summed E-state index contributed by atoms with van der Waals surface area (Å²) in [6.07, 6.45) is 7.13. The van der Waals surface area contributed by atoms with E-state index in [2.05, 4.69) is 5.32 Å². The van der Waals surface area contributed by atoms with Gasteiger partial charge in [0, 0.05) is 6.54 Å². The van der Waals surface area contributed by atoms with Gasteiger partial charge in [-0.2, -0.15) is 0 Å². The summed E-state index contributed by atoms with van der Waals surface area (Å²) in [5, 5.41) is 2.96. The fourth-order valence-corrected chi connectivity index (χ4v) is 4.62. The lowest BCUT2D eigenvalue weighted by atomic mass is 9.89. The molecule has 5 nitrogen and oxygen atoms in total. The summed E-state index contributed by atoms with van der Waals surface area (Å²) in [7, 11) is -3.56. The Bertz CT molecular complexity index is 709. The van der Waals surface area contributed by atoms with Crippen LogP contribution in [-0.2, 0) is 14.8 Å². The molecule has 1 unspecified atom stereocenters. The van der Waals surface area contributed by atoms with Crippen LogP contribution in [0.25, 0.3) is 0 Å². The average molecular weight is 367 g/mol. The number of amides is 1. The summed E-state index contributed by atoms with van der Waals surface area (Å²) in [5.41, 5.74) is 2.62. The molecule has 2 rings (SSSR count). The van der Waals surface area contributed by atoms with Gasteiger partial charge in [0.25, 0.3) is 0 Å². The van der Waals surface area contributed by atoms with Crippen molar-refractivity contribution >= 4 is 21.6 Å². The summed E-state index contributed by atoms with van der Waals surface area (Å²) in [6, 6.07) is 4.69. The average Bonchev–Trinajstić information content (AvgIpc) is 2.55. The predicted octanol–water partition coefficient (Wildman–Crippen LogP) is 3.15. The van der Waals surface area contributed by atoms with Crippen molar-refractivity contribution in [2.75, 3.05) is 17.1 Å². The molecule has 25 heavy (non-hydrogen) atoms. The molecule has 1 fully saturated rings. The van der Waals surface area contributed by atoms with Gasteiger partial charge in [-0.3, -0.25) is 9.10 Å². The van der Waals surface area contributed by atoms with Gasteiger partial charge in [-0.05, 0) is 62.8 Å². The molecule has 1 aliphatic carbocycles. The number of sulfonamides is 1. The number of carbonyl (C=O) groups is 1. The van der Waals surface area contributed by atoms with E-state index >= 15 is 0 Å². The Kier molecular flexibility index (Phi) is 6.49. The number of nitrogens with one attached hydrogen (secondary N) is 1. The Morgan fingerprint density at radius 1 is 1.20 bits per heavy atom. The summed E-state index contributed by atoms with van der Waals surface area (Å²) in [4.78, 5) is 12.6. The molecule has 1 amide bonds. The number of nitrogens with zero attached hydrogens (tertiary/aromatic N) is 1. The Labute approximate surface area is 151 Å². The normalized spacial score (nSPS) is 17.1. The second-order valence-corrected chi connectivity index (χ2v) is 9.11. The zero-order valence-corrected chi connectivity index (χ0v) is 16.5. The van der Waals surface area contributed by atoms with E-state index in [0.717, 1.165) is 30.2 Å². The molecular weight excluding hydrogens is 336 g/mol. The van der Waals surface area contributed by atoms with Crippen LogP contribution >= 0.6 is 0 Å². The van der Waals surface area contributed by atoms with Crippen molar-refractivity contribution in [2.24, 2.45) is 5.92 Å². The Morgan fingerprint density at radius 3 is 2.40 bits per heavy atom. The molecule has 1 N–H and O–H groups in total. The zero-order chi connectivity index (χ0) is 18.6. The zero-order valence-electron chi connectivity index (χ0n) is 15.7. The van der Waals surface area contributed by atoms with Gasteiger partial charge >= 0.3 is 0 Å². The van der Waals surface area contributed by atoms with E-state index in [-0.39, 0.29) is 5.91 Å². The van der Waals surface area contributed by atoms with E-state index in [0.29, 0.717) is 18.2 Å². The highest BCUT2D eigenvalue weighted by Gasteiger charge is 2.29. The minimum Gasteiger partial charge on any atom is -0.354 e. The number of aryl methyl sites for hydroxylation is 2. The van der Waals surface area contributed by atoms with E-state index in [1.54, 1.807) is 13.0 Å². The first-order valence-corrected chi connectivity index (χ1v) is 10.9. The van der Waals surface area contributed by atoms with Gasteiger partial charge in [-0.15, -0.1) is 0 Å². The SMILES string of the molecule is Cc1ccc(N(C(C)C(=O)NCC2CCCCC2)S(C)(=O)=O)cc1C. The van der Waals surface area contributed by atoms with Crippen LogP contribution in [0.2, 0.25) is 0 Å². The maximum atomic E-state index is 12.6. The number of hydrogen-bond acceptors (Lipinski definition) is 3. The first kappa shape index (κ1) is 19.8.